The molecule has 0 radical (unpaired) electrons. The maximum Gasteiger partial charge on any atom is 0.231 e. The zero-order chi connectivity index (χ0) is 20.5. The van der Waals surface area contributed by atoms with Crippen molar-refractivity contribution in [1.82, 2.24) is 14.2 Å². The number of amides is 1. The molecule has 0 N–H and O–H groups in total. The van der Waals surface area contributed by atoms with E-state index in [1.807, 2.05) is 23.1 Å². The van der Waals surface area contributed by atoms with Crippen LogP contribution in [0.2, 0.25) is 0 Å². The van der Waals surface area contributed by atoms with Gasteiger partial charge in [-0.1, -0.05) is 6.07 Å². The summed E-state index contributed by atoms with van der Waals surface area (Å²) >= 11 is 0. The molecule has 29 heavy (non-hydrogen) atoms. The maximum absolute atomic E-state index is 13.8. The van der Waals surface area contributed by atoms with Gasteiger partial charge < -0.3 is 14.5 Å². The summed E-state index contributed by atoms with van der Waals surface area (Å²) in [5.74, 6) is 1.04. The molecule has 0 bridgehead atoms. The van der Waals surface area contributed by atoms with Gasteiger partial charge in [-0.05, 0) is 31.9 Å². The fourth-order valence-electron chi connectivity index (χ4n) is 4.98. The molecule has 3 fully saturated rings. The average Bonchev–Trinajstić information content (AvgIpc) is 3.02. The highest BCUT2D eigenvalue weighted by Crippen LogP contribution is 2.45. The topological polar surface area (TPSA) is 83.0 Å². The lowest BCUT2D eigenvalue weighted by Crippen LogP contribution is -2.53. The van der Waals surface area contributed by atoms with E-state index in [-0.39, 0.29) is 17.6 Å². The van der Waals surface area contributed by atoms with Crippen molar-refractivity contribution in [2.75, 3.05) is 63.1 Å². The first-order valence-corrected chi connectivity index (χ1v) is 12.1. The number of rotatable bonds is 4. The first kappa shape index (κ1) is 20.6. The summed E-state index contributed by atoms with van der Waals surface area (Å²) in [6.45, 7) is 6.14. The summed E-state index contributed by atoms with van der Waals surface area (Å²) in [5.41, 5.74) is -0.577. The SMILES string of the molecule is CCS(=O)(=O)N1CCC[C@]2(C(=O)N3CCOCC3)CN(c3ccccn3)C[C@@H]2C1. The monoisotopic (exact) mass is 422 g/mol. The number of carbonyl (C=O) groups is 1. The van der Waals surface area contributed by atoms with Gasteiger partial charge in [0.15, 0.2) is 0 Å². The number of nitrogens with zero attached hydrogens (tertiary/aromatic N) is 4. The predicted molar refractivity (Wildman–Crippen MR) is 110 cm³/mol. The van der Waals surface area contributed by atoms with Crippen molar-refractivity contribution in [3.8, 4) is 0 Å². The third-order valence-corrected chi connectivity index (χ3v) is 8.45. The highest BCUT2D eigenvalue weighted by molar-refractivity contribution is 7.89. The zero-order valence-electron chi connectivity index (χ0n) is 17.0. The first-order valence-electron chi connectivity index (χ1n) is 10.5. The molecule has 1 amide bonds. The van der Waals surface area contributed by atoms with Gasteiger partial charge in [-0.3, -0.25) is 4.79 Å². The molecular weight excluding hydrogens is 392 g/mol. The number of ether oxygens (including phenoxy) is 1. The van der Waals surface area contributed by atoms with E-state index in [2.05, 4.69) is 9.88 Å². The second-order valence-electron chi connectivity index (χ2n) is 8.19. The number of fused-ring (bicyclic) bond motifs is 1. The summed E-state index contributed by atoms with van der Waals surface area (Å²) in [6.07, 6.45) is 3.16. The molecule has 0 aliphatic carbocycles. The van der Waals surface area contributed by atoms with E-state index in [1.165, 1.54) is 0 Å². The van der Waals surface area contributed by atoms with Crippen LogP contribution >= 0.6 is 0 Å². The highest BCUT2D eigenvalue weighted by atomic mass is 32.2. The summed E-state index contributed by atoms with van der Waals surface area (Å²) in [5, 5.41) is 0. The Bertz CT molecular complexity index is 828. The molecule has 1 aromatic heterocycles. The van der Waals surface area contributed by atoms with Crippen LogP contribution in [0.15, 0.2) is 24.4 Å². The minimum atomic E-state index is -3.29. The van der Waals surface area contributed by atoms with Crippen molar-refractivity contribution in [2.45, 2.75) is 19.8 Å². The third kappa shape index (κ3) is 3.87. The molecule has 4 rings (SSSR count). The first-order chi connectivity index (χ1) is 14.0. The Kier molecular flexibility index (Phi) is 5.81. The fourth-order valence-corrected chi connectivity index (χ4v) is 6.16. The van der Waals surface area contributed by atoms with Crippen molar-refractivity contribution < 1.29 is 17.9 Å². The average molecular weight is 423 g/mol. The molecule has 9 heteroatoms. The van der Waals surface area contributed by atoms with Crippen molar-refractivity contribution >= 4 is 21.7 Å². The number of sulfonamides is 1. The lowest BCUT2D eigenvalue weighted by Gasteiger charge is -2.38. The molecule has 8 nitrogen and oxygen atoms in total. The van der Waals surface area contributed by atoms with Gasteiger partial charge >= 0.3 is 0 Å². The summed E-state index contributed by atoms with van der Waals surface area (Å²) in [6, 6.07) is 5.78. The van der Waals surface area contributed by atoms with Crippen molar-refractivity contribution in [2.24, 2.45) is 11.3 Å². The van der Waals surface area contributed by atoms with Gasteiger partial charge in [0.1, 0.15) is 5.82 Å². The second kappa shape index (κ2) is 8.20. The van der Waals surface area contributed by atoms with Crippen molar-refractivity contribution in [3.63, 3.8) is 0 Å². The smallest absolute Gasteiger partial charge is 0.231 e. The molecule has 3 saturated heterocycles. The second-order valence-corrected chi connectivity index (χ2v) is 10.4. The Morgan fingerprint density at radius 3 is 2.72 bits per heavy atom. The summed E-state index contributed by atoms with van der Waals surface area (Å²) in [4.78, 5) is 22.3. The number of hydrogen-bond acceptors (Lipinski definition) is 6. The number of morpholine rings is 1. The van der Waals surface area contributed by atoms with Crippen LogP contribution in [0.4, 0.5) is 5.82 Å². The van der Waals surface area contributed by atoms with Crippen LogP contribution in [-0.4, -0.2) is 86.7 Å². The highest BCUT2D eigenvalue weighted by Gasteiger charge is 2.55. The van der Waals surface area contributed by atoms with E-state index in [1.54, 1.807) is 17.4 Å². The molecule has 0 unspecified atom stereocenters. The van der Waals surface area contributed by atoms with Crippen LogP contribution < -0.4 is 4.90 Å². The molecule has 160 valence electrons. The molecule has 3 aliphatic rings. The maximum atomic E-state index is 13.8. The van der Waals surface area contributed by atoms with E-state index in [0.717, 1.165) is 5.82 Å². The van der Waals surface area contributed by atoms with Crippen LogP contribution in [-0.2, 0) is 19.6 Å². The van der Waals surface area contributed by atoms with Crippen LogP contribution in [0.25, 0.3) is 0 Å². The number of carbonyl (C=O) groups excluding carboxylic acids is 1. The zero-order valence-corrected chi connectivity index (χ0v) is 17.8. The minimum Gasteiger partial charge on any atom is -0.378 e. The van der Waals surface area contributed by atoms with Gasteiger partial charge in [0.05, 0.1) is 24.4 Å². The van der Waals surface area contributed by atoms with Gasteiger partial charge in [-0.25, -0.2) is 17.7 Å². The summed E-state index contributed by atoms with van der Waals surface area (Å²) in [7, 11) is -3.29. The largest absolute Gasteiger partial charge is 0.378 e. The normalized spacial score (nSPS) is 28.8. The molecule has 0 saturated carbocycles. The van der Waals surface area contributed by atoms with Gasteiger partial charge in [0.25, 0.3) is 0 Å². The van der Waals surface area contributed by atoms with Crippen LogP contribution in [0.5, 0.6) is 0 Å². The standard InChI is InChI=1S/C20H30N4O4S/c1-2-29(26,27)24-9-5-7-20(19(25)22-10-12-28-13-11-22)16-23(14-17(20)15-24)18-6-3-4-8-21-18/h3-4,6,8,17H,2,5,7,9-16H2,1H3/t17-,20+/m1/s1. The minimum absolute atomic E-state index is 0.0522. The molecule has 2 atom stereocenters. The van der Waals surface area contributed by atoms with E-state index in [9.17, 15) is 13.2 Å². The lowest BCUT2D eigenvalue weighted by molar-refractivity contribution is -0.147. The van der Waals surface area contributed by atoms with Crippen LogP contribution in [0.3, 0.4) is 0 Å². The predicted octanol–water partition coefficient (Wildman–Crippen LogP) is 0.809. The van der Waals surface area contributed by atoms with Gasteiger partial charge in [-0.15, -0.1) is 0 Å². The van der Waals surface area contributed by atoms with Crippen LogP contribution in [0, 0.1) is 11.3 Å². The fraction of sp³-hybridized carbons (Fsp3) is 0.700. The molecule has 3 aliphatic heterocycles. The van der Waals surface area contributed by atoms with Gasteiger partial charge in [0, 0.05) is 51.4 Å². The number of hydrogen-bond donors (Lipinski definition) is 0. The van der Waals surface area contributed by atoms with E-state index >= 15 is 0 Å². The van der Waals surface area contributed by atoms with E-state index in [4.69, 9.17) is 4.74 Å². The molecule has 4 heterocycles. The van der Waals surface area contributed by atoms with E-state index < -0.39 is 15.4 Å². The van der Waals surface area contributed by atoms with Gasteiger partial charge in [0.2, 0.25) is 15.9 Å². The van der Waals surface area contributed by atoms with Crippen molar-refractivity contribution in [1.29, 1.82) is 0 Å². The number of aromatic nitrogens is 1. The Morgan fingerprint density at radius 1 is 1.24 bits per heavy atom. The molecule has 0 spiro atoms. The number of anilines is 1. The lowest BCUT2D eigenvalue weighted by atomic mass is 9.73. The Balaban J connectivity index is 1.67. The van der Waals surface area contributed by atoms with Gasteiger partial charge in [-0.2, -0.15) is 0 Å². The van der Waals surface area contributed by atoms with E-state index in [0.29, 0.717) is 65.3 Å². The van der Waals surface area contributed by atoms with Crippen LogP contribution in [0.1, 0.15) is 19.8 Å². The molecule has 1 aromatic rings. The quantitative estimate of drug-likeness (QED) is 0.714. The molecule has 0 aromatic carbocycles. The Morgan fingerprint density at radius 2 is 2.03 bits per heavy atom. The Hall–Kier alpha value is -1.71. The third-order valence-electron chi connectivity index (χ3n) is 6.61. The van der Waals surface area contributed by atoms with Crippen molar-refractivity contribution in [3.05, 3.63) is 24.4 Å². The molecular formula is C20H30N4O4S. The Labute approximate surface area is 172 Å². The summed E-state index contributed by atoms with van der Waals surface area (Å²) < 4.78 is 32.3. The number of pyridine rings is 1.